The number of benzene rings is 1. The SMILES string of the molecule is CCCCCCC(=O)OCC(=O)NCc1ccc(O)c(OC)c1. The van der Waals surface area contributed by atoms with E-state index in [-0.39, 0.29) is 30.8 Å². The first-order chi connectivity index (χ1) is 11.1. The monoisotopic (exact) mass is 323 g/mol. The molecule has 0 unspecified atom stereocenters. The number of carbonyl (C=O) groups excluding carboxylic acids is 2. The number of phenols is 1. The summed E-state index contributed by atoms with van der Waals surface area (Å²) in [7, 11) is 1.46. The minimum Gasteiger partial charge on any atom is -0.504 e. The Morgan fingerprint density at radius 1 is 1.22 bits per heavy atom. The van der Waals surface area contributed by atoms with E-state index in [9.17, 15) is 14.7 Å². The van der Waals surface area contributed by atoms with Crippen LogP contribution in [0, 0.1) is 0 Å². The number of methoxy groups -OCH3 is 1. The fourth-order valence-electron chi connectivity index (χ4n) is 2.00. The maximum atomic E-state index is 11.6. The molecule has 0 aromatic heterocycles. The van der Waals surface area contributed by atoms with Crippen LogP contribution >= 0.6 is 0 Å². The van der Waals surface area contributed by atoms with Crippen LogP contribution in [0.5, 0.6) is 11.5 Å². The summed E-state index contributed by atoms with van der Waals surface area (Å²) in [4.78, 5) is 23.1. The molecule has 6 heteroatoms. The van der Waals surface area contributed by atoms with E-state index in [2.05, 4.69) is 12.2 Å². The topological polar surface area (TPSA) is 84.9 Å². The lowest BCUT2D eigenvalue weighted by atomic mass is 10.2. The zero-order chi connectivity index (χ0) is 17.1. The van der Waals surface area contributed by atoms with E-state index in [1.54, 1.807) is 12.1 Å². The second-order valence-corrected chi connectivity index (χ2v) is 5.25. The Labute approximate surface area is 136 Å². The first-order valence-electron chi connectivity index (χ1n) is 7.85. The standard InChI is InChI=1S/C17H25NO5/c1-3-4-5-6-7-17(21)23-12-16(20)18-11-13-8-9-14(19)15(10-13)22-2/h8-10,19H,3-7,11-12H2,1-2H3,(H,18,20). The summed E-state index contributed by atoms with van der Waals surface area (Å²) in [5.41, 5.74) is 0.777. The number of rotatable bonds is 10. The molecule has 0 bridgehead atoms. The predicted molar refractivity (Wildman–Crippen MR) is 86.2 cm³/mol. The number of hydrogen-bond donors (Lipinski definition) is 2. The highest BCUT2D eigenvalue weighted by molar-refractivity contribution is 5.80. The normalized spacial score (nSPS) is 10.2. The van der Waals surface area contributed by atoms with Crippen LogP contribution in [0.15, 0.2) is 18.2 Å². The minimum absolute atomic E-state index is 0.0413. The number of nitrogens with one attached hydrogen (secondary N) is 1. The molecule has 0 fully saturated rings. The summed E-state index contributed by atoms with van der Waals surface area (Å²) in [6, 6.07) is 4.81. The van der Waals surface area contributed by atoms with Crippen molar-refractivity contribution in [1.82, 2.24) is 5.32 Å². The molecular formula is C17H25NO5. The molecule has 1 aromatic carbocycles. The summed E-state index contributed by atoms with van der Waals surface area (Å²) in [5.74, 6) is -0.323. The number of ether oxygens (including phenoxy) is 2. The highest BCUT2D eigenvalue weighted by Crippen LogP contribution is 2.26. The van der Waals surface area contributed by atoms with Gasteiger partial charge in [-0.1, -0.05) is 32.3 Å². The zero-order valence-electron chi connectivity index (χ0n) is 13.8. The third-order valence-corrected chi connectivity index (χ3v) is 3.33. The van der Waals surface area contributed by atoms with E-state index in [1.165, 1.54) is 13.2 Å². The zero-order valence-corrected chi connectivity index (χ0v) is 13.8. The summed E-state index contributed by atoms with van der Waals surface area (Å²) in [6.45, 7) is 2.09. The van der Waals surface area contributed by atoms with Crippen LogP contribution in [0.1, 0.15) is 44.6 Å². The molecule has 1 aromatic rings. The molecule has 0 heterocycles. The second-order valence-electron chi connectivity index (χ2n) is 5.25. The number of phenolic OH excluding ortho intramolecular Hbond substituents is 1. The van der Waals surface area contributed by atoms with Gasteiger partial charge in [-0.25, -0.2) is 0 Å². The van der Waals surface area contributed by atoms with Crippen LogP contribution in [-0.4, -0.2) is 30.7 Å². The van der Waals surface area contributed by atoms with Crippen molar-refractivity contribution in [3.05, 3.63) is 23.8 Å². The van der Waals surface area contributed by atoms with E-state index in [4.69, 9.17) is 9.47 Å². The Bertz CT molecular complexity index is 516. The van der Waals surface area contributed by atoms with Gasteiger partial charge in [-0.15, -0.1) is 0 Å². The Kier molecular flexibility index (Phi) is 8.57. The molecular weight excluding hydrogens is 298 g/mol. The van der Waals surface area contributed by atoms with Crippen LogP contribution in [0.2, 0.25) is 0 Å². The number of esters is 1. The number of hydrogen-bond acceptors (Lipinski definition) is 5. The third-order valence-electron chi connectivity index (χ3n) is 3.33. The van der Waals surface area contributed by atoms with Gasteiger partial charge >= 0.3 is 5.97 Å². The van der Waals surface area contributed by atoms with Gasteiger partial charge in [-0.3, -0.25) is 9.59 Å². The van der Waals surface area contributed by atoms with Crippen molar-refractivity contribution in [1.29, 1.82) is 0 Å². The predicted octanol–water partition coefficient (Wildman–Crippen LogP) is 2.53. The van der Waals surface area contributed by atoms with Crippen molar-refractivity contribution in [3.8, 4) is 11.5 Å². The first-order valence-corrected chi connectivity index (χ1v) is 7.85. The van der Waals surface area contributed by atoms with Crippen LogP contribution in [0.3, 0.4) is 0 Å². The van der Waals surface area contributed by atoms with E-state index in [1.807, 2.05) is 0 Å². The average molecular weight is 323 g/mol. The van der Waals surface area contributed by atoms with Crippen molar-refractivity contribution < 1.29 is 24.2 Å². The Balaban J connectivity index is 2.25. The average Bonchev–Trinajstić information content (AvgIpc) is 2.56. The lowest BCUT2D eigenvalue weighted by molar-refractivity contribution is -0.148. The van der Waals surface area contributed by atoms with E-state index in [0.29, 0.717) is 12.2 Å². The van der Waals surface area contributed by atoms with Gasteiger partial charge in [0.1, 0.15) is 0 Å². The first kappa shape index (κ1) is 18.8. The molecule has 0 aliphatic carbocycles. The summed E-state index contributed by atoms with van der Waals surface area (Å²) in [6.07, 6.45) is 4.36. The molecule has 0 saturated heterocycles. The molecule has 0 saturated carbocycles. The molecule has 0 aliphatic heterocycles. The summed E-state index contributed by atoms with van der Waals surface area (Å²) in [5, 5.41) is 12.1. The molecule has 0 radical (unpaired) electrons. The largest absolute Gasteiger partial charge is 0.504 e. The fraction of sp³-hybridized carbons (Fsp3) is 0.529. The van der Waals surface area contributed by atoms with Crippen LogP contribution in [-0.2, 0) is 20.9 Å². The van der Waals surface area contributed by atoms with Crippen molar-refractivity contribution in [3.63, 3.8) is 0 Å². The molecule has 128 valence electrons. The lowest BCUT2D eigenvalue weighted by Crippen LogP contribution is -2.28. The minimum atomic E-state index is -0.362. The van der Waals surface area contributed by atoms with Gasteiger partial charge < -0.3 is 19.9 Å². The molecule has 0 aliphatic rings. The van der Waals surface area contributed by atoms with Gasteiger partial charge in [-0.2, -0.15) is 0 Å². The molecule has 2 N–H and O–H groups in total. The number of carbonyl (C=O) groups is 2. The van der Waals surface area contributed by atoms with Gasteiger partial charge in [-0.05, 0) is 24.1 Å². The van der Waals surface area contributed by atoms with Crippen molar-refractivity contribution in [2.24, 2.45) is 0 Å². The molecule has 0 atom stereocenters. The molecule has 0 spiro atoms. The highest BCUT2D eigenvalue weighted by Gasteiger charge is 2.08. The van der Waals surface area contributed by atoms with Crippen molar-refractivity contribution >= 4 is 11.9 Å². The van der Waals surface area contributed by atoms with Crippen LogP contribution in [0.4, 0.5) is 0 Å². The Morgan fingerprint density at radius 2 is 2.00 bits per heavy atom. The van der Waals surface area contributed by atoms with Gasteiger partial charge in [0.15, 0.2) is 18.1 Å². The van der Waals surface area contributed by atoms with Crippen LogP contribution in [0.25, 0.3) is 0 Å². The molecule has 1 rings (SSSR count). The van der Waals surface area contributed by atoms with Gasteiger partial charge in [0.2, 0.25) is 0 Å². The molecule has 6 nitrogen and oxygen atoms in total. The highest BCUT2D eigenvalue weighted by atomic mass is 16.5. The molecule has 1 amide bonds. The van der Waals surface area contributed by atoms with E-state index >= 15 is 0 Å². The molecule has 23 heavy (non-hydrogen) atoms. The number of amides is 1. The third kappa shape index (κ3) is 7.54. The lowest BCUT2D eigenvalue weighted by Gasteiger charge is -2.09. The quantitative estimate of drug-likeness (QED) is 0.510. The van der Waals surface area contributed by atoms with Gasteiger partial charge in [0, 0.05) is 13.0 Å². The number of aromatic hydroxyl groups is 1. The van der Waals surface area contributed by atoms with Crippen LogP contribution < -0.4 is 10.1 Å². The Hall–Kier alpha value is -2.24. The van der Waals surface area contributed by atoms with E-state index in [0.717, 1.165) is 31.2 Å². The van der Waals surface area contributed by atoms with Crippen molar-refractivity contribution in [2.75, 3.05) is 13.7 Å². The maximum absolute atomic E-state index is 11.6. The van der Waals surface area contributed by atoms with Crippen molar-refractivity contribution in [2.45, 2.75) is 45.6 Å². The maximum Gasteiger partial charge on any atom is 0.306 e. The van der Waals surface area contributed by atoms with E-state index < -0.39 is 0 Å². The smallest absolute Gasteiger partial charge is 0.306 e. The fourth-order valence-corrected chi connectivity index (χ4v) is 2.00. The second kappa shape index (κ2) is 10.5. The van der Waals surface area contributed by atoms with Gasteiger partial charge in [0.25, 0.3) is 5.91 Å². The Morgan fingerprint density at radius 3 is 2.70 bits per heavy atom. The summed E-state index contributed by atoms with van der Waals surface area (Å²) < 4.78 is 9.91. The summed E-state index contributed by atoms with van der Waals surface area (Å²) >= 11 is 0. The van der Waals surface area contributed by atoms with Gasteiger partial charge in [0.05, 0.1) is 7.11 Å². The number of unbranched alkanes of at least 4 members (excludes halogenated alkanes) is 3.